The standard InChI is InChI=1S/C17H18N2O/c20-16-8-4-7-15-13-9-14(11-19(15)16)17(18-10-13)12-5-2-1-3-6-12/h1-8,13-14,17-18H,9-11H2/t13-,14-,17?/m1/s1. The minimum atomic E-state index is 0.144. The second kappa shape index (κ2) is 4.60. The fourth-order valence-corrected chi connectivity index (χ4v) is 3.80. The van der Waals surface area contributed by atoms with Crippen molar-refractivity contribution in [3.63, 3.8) is 0 Å². The molecule has 1 aromatic carbocycles. The van der Waals surface area contributed by atoms with Gasteiger partial charge >= 0.3 is 0 Å². The van der Waals surface area contributed by atoms with Crippen molar-refractivity contribution in [1.82, 2.24) is 9.88 Å². The normalized spacial score (nSPS) is 27.9. The molecule has 3 atom stereocenters. The Morgan fingerprint density at radius 3 is 2.75 bits per heavy atom. The largest absolute Gasteiger partial charge is 0.312 e. The summed E-state index contributed by atoms with van der Waals surface area (Å²) in [5.41, 5.74) is 2.68. The van der Waals surface area contributed by atoms with Gasteiger partial charge in [-0.3, -0.25) is 4.79 Å². The Hall–Kier alpha value is -1.87. The number of fused-ring (bicyclic) bond motifs is 4. The average molecular weight is 266 g/mol. The van der Waals surface area contributed by atoms with Crippen LogP contribution in [0.1, 0.15) is 29.6 Å². The number of hydrogen-bond acceptors (Lipinski definition) is 2. The maximum Gasteiger partial charge on any atom is 0.250 e. The molecule has 2 aromatic rings. The minimum absolute atomic E-state index is 0.144. The molecule has 1 saturated heterocycles. The fourth-order valence-electron chi connectivity index (χ4n) is 3.80. The number of nitrogens with zero attached hydrogens (tertiary/aromatic N) is 1. The number of hydrogen-bond donors (Lipinski definition) is 1. The predicted molar refractivity (Wildman–Crippen MR) is 78.7 cm³/mol. The van der Waals surface area contributed by atoms with Crippen molar-refractivity contribution in [3.05, 3.63) is 70.1 Å². The van der Waals surface area contributed by atoms with Gasteiger partial charge in [-0.05, 0) is 24.0 Å². The molecule has 0 radical (unpaired) electrons. The summed E-state index contributed by atoms with van der Waals surface area (Å²) in [6, 6.07) is 16.6. The lowest BCUT2D eigenvalue weighted by Crippen LogP contribution is -2.46. The molecule has 1 N–H and O–H groups in total. The molecule has 20 heavy (non-hydrogen) atoms. The zero-order valence-corrected chi connectivity index (χ0v) is 11.3. The van der Waals surface area contributed by atoms with Gasteiger partial charge in [0.1, 0.15) is 0 Å². The third kappa shape index (κ3) is 1.81. The van der Waals surface area contributed by atoms with E-state index in [1.807, 2.05) is 10.6 Å². The second-order valence-corrected chi connectivity index (χ2v) is 5.89. The van der Waals surface area contributed by atoms with Gasteiger partial charge in [0.05, 0.1) is 0 Å². The molecule has 3 heterocycles. The van der Waals surface area contributed by atoms with E-state index in [0.717, 1.165) is 13.1 Å². The summed E-state index contributed by atoms with van der Waals surface area (Å²) >= 11 is 0. The molecular weight excluding hydrogens is 248 g/mol. The van der Waals surface area contributed by atoms with Gasteiger partial charge in [-0.15, -0.1) is 0 Å². The van der Waals surface area contributed by atoms with Crippen LogP contribution in [0.2, 0.25) is 0 Å². The quantitative estimate of drug-likeness (QED) is 0.859. The van der Waals surface area contributed by atoms with E-state index in [-0.39, 0.29) is 5.56 Å². The van der Waals surface area contributed by atoms with Gasteiger partial charge in [0.15, 0.2) is 0 Å². The van der Waals surface area contributed by atoms with Gasteiger partial charge in [0.25, 0.3) is 5.56 Å². The summed E-state index contributed by atoms with van der Waals surface area (Å²) in [7, 11) is 0. The minimum Gasteiger partial charge on any atom is -0.312 e. The number of pyridine rings is 1. The Morgan fingerprint density at radius 2 is 1.90 bits per heavy atom. The lowest BCUT2D eigenvalue weighted by Gasteiger charge is -2.42. The lowest BCUT2D eigenvalue weighted by molar-refractivity contribution is 0.194. The Kier molecular flexibility index (Phi) is 2.74. The Balaban J connectivity index is 1.73. The van der Waals surface area contributed by atoms with Crippen LogP contribution in [-0.2, 0) is 6.54 Å². The number of nitrogens with one attached hydrogen (secondary N) is 1. The molecule has 2 aliphatic rings. The highest BCUT2D eigenvalue weighted by Crippen LogP contribution is 2.40. The first-order chi connectivity index (χ1) is 9.83. The van der Waals surface area contributed by atoms with E-state index in [9.17, 15) is 4.79 Å². The molecule has 0 saturated carbocycles. The summed E-state index contributed by atoms with van der Waals surface area (Å²) in [6.45, 7) is 1.79. The number of aromatic nitrogens is 1. The van der Waals surface area contributed by atoms with Crippen LogP contribution < -0.4 is 10.9 Å². The zero-order chi connectivity index (χ0) is 13.5. The molecule has 0 spiro atoms. The lowest BCUT2D eigenvalue weighted by atomic mass is 9.77. The number of piperidine rings is 1. The molecule has 1 unspecified atom stereocenters. The molecule has 3 heteroatoms. The van der Waals surface area contributed by atoms with Crippen molar-refractivity contribution in [2.75, 3.05) is 6.54 Å². The third-order valence-corrected chi connectivity index (χ3v) is 4.72. The maximum absolute atomic E-state index is 12.1. The van der Waals surface area contributed by atoms with Crippen LogP contribution in [-0.4, -0.2) is 11.1 Å². The van der Waals surface area contributed by atoms with Crippen LogP contribution in [0, 0.1) is 5.92 Å². The molecule has 0 aliphatic carbocycles. The Morgan fingerprint density at radius 1 is 1.05 bits per heavy atom. The summed E-state index contributed by atoms with van der Waals surface area (Å²) < 4.78 is 1.98. The zero-order valence-electron chi connectivity index (χ0n) is 11.3. The van der Waals surface area contributed by atoms with Gasteiger partial charge in [-0.1, -0.05) is 36.4 Å². The summed E-state index contributed by atoms with van der Waals surface area (Å²) in [5, 5.41) is 3.68. The van der Waals surface area contributed by atoms with Crippen molar-refractivity contribution in [1.29, 1.82) is 0 Å². The summed E-state index contributed by atoms with van der Waals surface area (Å²) in [6.07, 6.45) is 1.18. The molecule has 3 nitrogen and oxygen atoms in total. The molecule has 0 amide bonds. The smallest absolute Gasteiger partial charge is 0.250 e. The van der Waals surface area contributed by atoms with Crippen molar-refractivity contribution in [2.45, 2.75) is 24.9 Å². The van der Waals surface area contributed by atoms with Crippen molar-refractivity contribution in [3.8, 4) is 0 Å². The number of rotatable bonds is 1. The molecule has 102 valence electrons. The predicted octanol–water partition coefficient (Wildman–Crippen LogP) is 2.30. The van der Waals surface area contributed by atoms with Gasteiger partial charge in [0, 0.05) is 36.8 Å². The molecular formula is C17H18N2O. The number of benzene rings is 1. The summed E-state index contributed by atoms with van der Waals surface area (Å²) in [5.74, 6) is 0.978. The van der Waals surface area contributed by atoms with Gasteiger partial charge in [0.2, 0.25) is 0 Å². The van der Waals surface area contributed by atoms with Crippen LogP contribution in [0.5, 0.6) is 0 Å². The topological polar surface area (TPSA) is 34.0 Å². The molecule has 4 rings (SSSR count). The van der Waals surface area contributed by atoms with Crippen molar-refractivity contribution < 1.29 is 0 Å². The van der Waals surface area contributed by atoms with Crippen LogP contribution in [0.3, 0.4) is 0 Å². The van der Waals surface area contributed by atoms with E-state index >= 15 is 0 Å². The molecule has 2 aliphatic heterocycles. The Labute approximate surface area is 118 Å². The first kappa shape index (κ1) is 11.9. The average Bonchev–Trinajstić information content (AvgIpc) is 2.50. The monoisotopic (exact) mass is 266 g/mol. The molecule has 2 bridgehead atoms. The van der Waals surface area contributed by atoms with Gasteiger partial charge in [-0.25, -0.2) is 0 Å². The highest BCUT2D eigenvalue weighted by molar-refractivity contribution is 5.24. The first-order valence-corrected chi connectivity index (χ1v) is 7.31. The van der Waals surface area contributed by atoms with Crippen LogP contribution >= 0.6 is 0 Å². The van der Waals surface area contributed by atoms with Crippen LogP contribution in [0.15, 0.2) is 53.3 Å². The van der Waals surface area contributed by atoms with E-state index in [1.165, 1.54) is 17.7 Å². The van der Waals surface area contributed by atoms with Crippen LogP contribution in [0.4, 0.5) is 0 Å². The fraction of sp³-hybridized carbons (Fsp3) is 0.353. The third-order valence-electron chi connectivity index (χ3n) is 4.72. The van der Waals surface area contributed by atoms with Gasteiger partial charge < -0.3 is 9.88 Å². The Bertz CT molecular complexity index is 677. The summed E-state index contributed by atoms with van der Waals surface area (Å²) in [4.78, 5) is 12.1. The van der Waals surface area contributed by atoms with E-state index in [0.29, 0.717) is 17.9 Å². The highest BCUT2D eigenvalue weighted by Gasteiger charge is 2.36. The van der Waals surface area contributed by atoms with E-state index < -0.39 is 0 Å². The first-order valence-electron chi connectivity index (χ1n) is 7.31. The molecule has 1 aromatic heterocycles. The SMILES string of the molecule is O=c1cccc2n1C[C@H]1C[C@@H]2CNC1c1ccccc1. The van der Waals surface area contributed by atoms with Gasteiger partial charge in [-0.2, -0.15) is 0 Å². The van der Waals surface area contributed by atoms with Crippen LogP contribution in [0.25, 0.3) is 0 Å². The highest BCUT2D eigenvalue weighted by atomic mass is 16.1. The van der Waals surface area contributed by atoms with E-state index in [4.69, 9.17) is 0 Å². The molecule has 1 fully saturated rings. The van der Waals surface area contributed by atoms with E-state index in [1.54, 1.807) is 6.07 Å². The van der Waals surface area contributed by atoms with Crippen molar-refractivity contribution >= 4 is 0 Å². The maximum atomic E-state index is 12.1. The van der Waals surface area contributed by atoms with Crippen molar-refractivity contribution in [2.24, 2.45) is 5.92 Å². The second-order valence-electron chi connectivity index (χ2n) is 5.89. The van der Waals surface area contributed by atoms with E-state index in [2.05, 4.69) is 41.7 Å².